The normalized spacial score (nSPS) is 11.2. The average molecular weight is 310 g/mol. The average Bonchev–Trinajstić information content (AvgIpc) is 2.49. The molecule has 2 aromatic carbocycles. The maximum atomic E-state index is 10.3. The lowest BCUT2D eigenvalue weighted by atomic mass is 10.1. The van der Waals surface area contributed by atoms with E-state index in [0.717, 1.165) is 41.2 Å². The van der Waals surface area contributed by atoms with Crippen molar-refractivity contribution in [2.45, 2.75) is 34.6 Å². The van der Waals surface area contributed by atoms with E-state index >= 15 is 0 Å². The molecule has 0 aliphatic carbocycles. The van der Waals surface area contributed by atoms with Crippen molar-refractivity contribution in [1.82, 2.24) is 0 Å². The summed E-state index contributed by atoms with van der Waals surface area (Å²) in [5.74, 6) is 0.264. The highest BCUT2D eigenvalue weighted by Gasteiger charge is 2.06. The van der Waals surface area contributed by atoms with Crippen LogP contribution in [0, 0.1) is 20.8 Å². The second-order valence-electron chi connectivity index (χ2n) is 5.92. The zero-order valence-electron chi connectivity index (χ0n) is 14.7. The van der Waals surface area contributed by atoms with Crippen molar-refractivity contribution in [2.75, 3.05) is 18.0 Å². The number of anilines is 1. The zero-order valence-corrected chi connectivity index (χ0v) is 14.7. The Bertz CT molecular complexity index is 693. The maximum absolute atomic E-state index is 10.3. The Morgan fingerprint density at radius 2 is 1.61 bits per heavy atom. The number of aryl methyl sites for hydroxylation is 3. The van der Waals surface area contributed by atoms with E-state index in [2.05, 4.69) is 56.6 Å². The first-order valence-corrected chi connectivity index (χ1v) is 8.16. The first-order valence-electron chi connectivity index (χ1n) is 8.16. The minimum atomic E-state index is 0.264. The highest BCUT2D eigenvalue weighted by Crippen LogP contribution is 2.27. The number of aliphatic imine (C=N–C) groups is 1. The van der Waals surface area contributed by atoms with Gasteiger partial charge in [-0.2, -0.15) is 0 Å². The van der Waals surface area contributed by atoms with Gasteiger partial charge in [-0.1, -0.05) is 17.7 Å². The largest absolute Gasteiger partial charge is 0.507 e. The number of benzene rings is 2. The molecule has 0 spiro atoms. The highest BCUT2D eigenvalue weighted by atomic mass is 16.3. The second kappa shape index (κ2) is 7.32. The van der Waals surface area contributed by atoms with Crippen molar-refractivity contribution < 1.29 is 5.11 Å². The summed E-state index contributed by atoms with van der Waals surface area (Å²) in [5.41, 5.74) is 6.29. The first kappa shape index (κ1) is 17.1. The van der Waals surface area contributed by atoms with Gasteiger partial charge in [0.1, 0.15) is 5.75 Å². The molecule has 0 radical (unpaired) electrons. The van der Waals surface area contributed by atoms with Crippen molar-refractivity contribution in [3.8, 4) is 5.75 Å². The Morgan fingerprint density at radius 1 is 1.00 bits per heavy atom. The summed E-state index contributed by atoms with van der Waals surface area (Å²) in [5, 5.41) is 10.3. The molecule has 0 saturated heterocycles. The lowest BCUT2D eigenvalue weighted by molar-refractivity contribution is 0.474. The van der Waals surface area contributed by atoms with Crippen LogP contribution in [0.1, 0.15) is 36.1 Å². The van der Waals surface area contributed by atoms with Gasteiger partial charge in [0.2, 0.25) is 0 Å². The fourth-order valence-electron chi connectivity index (χ4n) is 2.94. The van der Waals surface area contributed by atoms with Crippen LogP contribution in [0.5, 0.6) is 5.75 Å². The summed E-state index contributed by atoms with van der Waals surface area (Å²) in [4.78, 5) is 6.80. The minimum absolute atomic E-state index is 0.264. The summed E-state index contributed by atoms with van der Waals surface area (Å²) in [6.07, 6.45) is 1.74. The highest BCUT2D eigenvalue weighted by molar-refractivity contribution is 5.87. The Hall–Kier alpha value is -2.29. The number of phenolic OH excluding ortho intramolecular Hbond substituents is 1. The molecule has 3 nitrogen and oxygen atoms in total. The fourth-order valence-corrected chi connectivity index (χ4v) is 2.94. The van der Waals surface area contributed by atoms with Gasteiger partial charge >= 0.3 is 0 Å². The molecule has 3 heteroatoms. The minimum Gasteiger partial charge on any atom is -0.507 e. The molecule has 0 bridgehead atoms. The van der Waals surface area contributed by atoms with E-state index in [0.29, 0.717) is 0 Å². The molecule has 23 heavy (non-hydrogen) atoms. The van der Waals surface area contributed by atoms with Crippen molar-refractivity contribution in [3.63, 3.8) is 0 Å². The standard InChI is InChI=1S/C20H26N2O/c1-6-22(7-2)18-9-8-17(19(23)12-18)13-21-20-15(4)10-14(3)11-16(20)5/h8-13,23H,6-7H2,1-5H3. The summed E-state index contributed by atoms with van der Waals surface area (Å²) in [7, 11) is 0. The predicted molar refractivity (Wildman–Crippen MR) is 99.6 cm³/mol. The Morgan fingerprint density at radius 3 is 2.13 bits per heavy atom. The molecule has 0 heterocycles. The molecule has 0 atom stereocenters. The number of hydrogen-bond acceptors (Lipinski definition) is 3. The first-order chi connectivity index (χ1) is 11.0. The van der Waals surface area contributed by atoms with Crippen molar-refractivity contribution >= 4 is 17.6 Å². The van der Waals surface area contributed by atoms with E-state index in [1.54, 1.807) is 6.21 Å². The fraction of sp³-hybridized carbons (Fsp3) is 0.350. The Kier molecular flexibility index (Phi) is 5.43. The molecular formula is C20H26N2O. The van der Waals surface area contributed by atoms with E-state index in [9.17, 15) is 5.11 Å². The molecular weight excluding hydrogens is 284 g/mol. The van der Waals surface area contributed by atoms with Crippen LogP contribution in [0.4, 0.5) is 11.4 Å². The van der Waals surface area contributed by atoms with Gasteiger partial charge in [0, 0.05) is 36.6 Å². The maximum Gasteiger partial charge on any atom is 0.126 e. The Labute approximate surface area is 139 Å². The molecule has 1 N–H and O–H groups in total. The van der Waals surface area contributed by atoms with Gasteiger partial charge in [0.15, 0.2) is 0 Å². The third-order valence-corrected chi connectivity index (χ3v) is 4.11. The number of hydrogen-bond donors (Lipinski definition) is 1. The molecule has 0 saturated carbocycles. The third-order valence-electron chi connectivity index (χ3n) is 4.11. The molecule has 0 unspecified atom stereocenters. The van der Waals surface area contributed by atoms with Crippen molar-refractivity contribution in [3.05, 3.63) is 52.6 Å². The van der Waals surface area contributed by atoms with Gasteiger partial charge in [0.25, 0.3) is 0 Å². The van der Waals surface area contributed by atoms with Crippen LogP contribution in [-0.2, 0) is 0 Å². The smallest absolute Gasteiger partial charge is 0.126 e. The zero-order chi connectivity index (χ0) is 17.0. The van der Waals surface area contributed by atoms with Crippen LogP contribution in [0.15, 0.2) is 35.3 Å². The van der Waals surface area contributed by atoms with Crippen LogP contribution in [-0.4, -0.2) is 24.4 Å². The van der Waals surface area contributed by atoms with E-state index in [1.807, 2.05) is 18.2 Å². The molecule has 0 aromatic heterocycles. The van der Waals surface area contributed by atoms with Gasteiger partial charge in [-0.15, -0.1) is 0 Å². The van der Waals surface area contributed by atoms with Crippen LogP contribution in [0.2, 0.25) is 0 Å². The molecule has 0 aliphatic heterocycles. The summed E-state index contributed by atoms with van der Waals surface area (Å²) >= 11 is 0. The topological polar surface area (TPSA) is 35.8 Å². The lowest BCUT2D eigenvalue weighted by Crippen LogP contribution is -2.21. The molecule has 0 fully saturated rings. The SMILES string of the molecule is CCN(CC)c1ccc(C=Nc2c(C)cc(C)cc2C)c(O)c1. The Balaban J connectivity index is 2.31. The van der Waals surface area contributed by atoms with Crippen LogP contribution >= 0.6 is 0 Å². The summed E-state index contributed by atoms with van der Waals surface area (Å²) in [6.45, 7) is 12.3. The van der Waals surface area contributed by atoms with E-state index in [4.69, 9.17) is 0 Å². The molecule has 0 aliphatic rings. The van der Waals surface area contributed by atoms with Crippen molar-refractivity contribution in [2.24, 2.45) is 4.99 Å². The molecule has 2 aromatic rings. The monoisotopic (exact) mass is 310 g/mol. The van der Waals surface area contributed by atoms with Gasteiger partial charge in [-0.25, -0.2) is 0 Å². The van der Waals surface area contributed by atoms with E-state index < -0.39 is 0 Å². The van der Waals surface area contributed by atoms with Gasteiger partial charge in [-0.3, -0.25) is 4.99 Å². The van der Waals surface area contributed by atoms with Gasteiger partial charge in [0.05, 0.1) is 5.69 Å². The third kappa shape index (κ3) is 3.92. The van der Waals surface area contributed by atoms with E-state index in [-0.39, 0.29) is 5.75 Å². The molecule has 2 rings (SSSR count). The van der Waals surface area contributed by atoms with Crippen molar-refractivity contribution in [1.29, 1.82) is 0 Å². The summed E-state index contributed by atoms with van der Waals surface area (Å²) < 4.78 is 0. The van der Waals surface area contributed by atoms with Crippen LogP contribution in [0.25, 0.3) is 0 Å². The van der Waals surface area contributed by atoms with Gasteiger partial charge in [-0.05, 0) is 57.9 Å². The second-order valence-corrected chi connectivity index (χ2v) is 5.92. The molecule has 122 valence electrons. The summed E-state index contributed by atoms with van der Waals surface area (Å²) in [6, 6.07) is 10.0. The quantitative estimate of drug-likeness (QED) is 0.796. The number of phenols is 1. The van der Waals surface area contributed by atoms with Crippen LogP contribution in [0.3, 0.4) is 0 Å². The number of nitrogens with zero attached hydrogens (tertiary/aromatic N) is 2. The van der Waals surface area contributed by atoms with E-state index in [1.165, 1.54) is 5.56 Å². The number of rotatable bonds is 5. The lowest BCUT2D eigenvalue weighted by Gasteiger charge is -2.21. The van der Waals surface area contributed by atoms with Crippen LogP contribution < -0.4 is 4.90 Å². The predicted octanol–water partition coefficient (Wildman–Crippen LogP) is 4.91. The molecule has 0 amide bonds. The van der Waals surface area contributed by atoms with Gasteiger partial charge < -0.3 is 10.0 Å². The number of aromatic hydroxyl groups is 1.